The number of methoxy groups -OCH3 is 1. The summed E-state index contributed by atoms with van der Waals surface area (Å²) in [6, 6.07) is -1.18. The van der Waals surface area contributed by atoms with Crippen LogP contribution in [-0.2, 0) is 11.2 Å². The number of hydrogen-bond acceptors (Lipinski definition) is 4. The third kappa shape index (κ3) is 2.36. The molecule has 108 valence electrons. The van der Waals surface area contributed by atoms with E-state index in [0.29, 0.717) is 0 Å². The van der Waals surface area contributed by atoms with E-state index in [-0.39, 0.29) is 26.3 Å². The number of nitrogens with zero attached hydrogens (tertiary/aromatic N) is 1. The fourth-order valence-electron chi connectivity index (χ4n) is 1.82. The molecule has 0 aliphatic carbocycles. The minimum absolute atomic E-state index is 0.0895. The Morgan fingerprint density at radius 3 is 2.75 bits per heavy atom. The van der Waals surface area contributed by atoms with Crippen molar-refractivity contribution in [3.63, 3.8) is 0 Å². The number of H-pyrrole nitrogens is 1. The second kappa shape index (κ2) is 5.57. The summed E-state index contributed by atoms with van der Waals surface area (Å²) in [5.74, 6) is -3.45. The molecular weight excluding hydrogens is 470 g/mol. The molecule has 0 aliphatic heterocycles. The molecule has 9 heteroatoms. The molecule has 1 heterocycles. The first-order valence-corrected chi connectivity index (χ1v) is 6.91. The quantitative estimate of drug-likeness (QED) is 0.572. The molecule has 1 aromatic carbocycles. The van der Waals surface area contributed by atoms with Gasteiger partial charge in [-0.05, 0) is 0 Å². The van der Waals surface area contributed by atoms with Gasteiger partial charge in [-0.25, -0.2) is 0 Å². The van der Waals surface area contributed by atoms with Crippen molar-refractivity contribution >= 4 is 20.1 Å². The molecule has 0 fully saturated rings. The van der Waals surface area contributed by atoms with Gasteiger partial charge in [0.15, 0.2) is 0 Å². The third-order valence-corrected chi connectivity index (χ3v) is 4.19. The van der Waals surface area contributed by atoms with E-state index in [0.717, 1.165) is 31.8 Å². The van der Waals surface area contributed by atoms with E-state index in [2.05, 4.69) is 14.9 Å². The Kier molecular flexibility index (Phi) is 4.20. The summed E-state index contributed by atoms with van der Waals surface area (Å²) in [5, 5.41) is 15.3. The Balaban J connectivity index is 2.64. The average Bonchev–Trinajstić information content (AvgIpc) is 2.81. The van der Waals surface area contributed by atoms with Gasteiger partial charge in [-0.3, -0.25) is 0 Å². The molecule has 20 heavy (non-hydrogen) atoms. The van der Waals surface area contributed by atoms with Crippen LogP contribution < -0.4 is 13.7 Å². The second-order valence-corrected chi connectivity index (χ2v) is 5.52. The second-order valence-electron chi connectivity index (χ2n) is 4.05. The number of rotatable bonds is 4. The Morgan fingerprint density at radius 2 is 2.20 bits per heavy atom. The van der Waals surface area contributed by atoms with Gasteiger partial charge in [-0.1, -0.05) is 0 Å². The average molecular weight is 480 g/mol. The number of carbonyl (C=O) groups is 1. The van der Waals surface area contributed by atoms with Gasteiger partial charge in [0.1, 0.15) is 0 Å². The van der Waals surface area contributed by atoms with Crippen molar-refractivity contribution in [2.45, 2.75) is 12.5 Å². The Morgan fingerprint density at radius 1 is 1.55 bits per heavy atom. The molecule has 0 saturated heterocycles. The number of fused-ring (bicyclic) bond motifs is 1. The van der Waals surface area contributed by atoms with E-state index in [9.17, 15) is 13.6 Å². The number of aromatic nitrogens is 2. The molecule has 0 saturated carbocycles. The summed E-state index contributed by atoms with van der Waals surface area (Å²) in [6.07, 6.45) is -0.104. The van der Waals surface area contributed by atoms with Crippen LogP contribution in [0.15, 0.2) is 0 Å². The molecular formula is C11H10AtF2N3O3. The van der Waals surface area contributed by atoms with E-state index in [1.165, 1.54) is 0 Å². The van der Waals surface area contributed by atoms with Crippen LogP contribution in [-0.4, -0.2) is 34.4 Å². The maximum atomic E-state index is 14.0. The molecule has 0 amide bonds. The zero-order chi connectivity index (χ0) is 15.0. The van der Waals surface area contributed by atoms with Gasteiger partial charge in [-0.15, -0.1) is 0 Å². The Bertz CT molecular complexity index is 689. The third-order valence-electron chi connectivity index (χ3n) is 2.81. The van der Waals surface area contributed by atoms with Gasteiger partial charge in [-0.2, -0.15) is 0 Å². The van der Waals surface area contributed by atoms with Gasteiger partial charge in [0.25, 0.3) is 0 Å². The van der Waals surface area contributed by atoms with Crippen LogP contribution in [0.1, 0.15) is 5.69 Å². The van der Waals surface area contributed by atoms with E-state index >= 15 is 0 Å². The molecule has 4 N–H and O–H groups in total. The number of aliphatic carboxylic acids is 1. The van der Waals surface area contributed by atoms with Crippen molar-refractivity contribution in [1.29, 1.82) is 0 Å². The van der Waals surface area contributed by atoms with Gasteiger partial charge in [0.05, 0.1) is 0 Å². The van der Waals surface area contributed by atoms with Crippen LogP contribution in [0.2, 0.25) is 0 Å². The number of nitrogens with one attached hydrogen (secondary N) is 1. The fraction of sp³-hybridized carbons (Fsp3) is 0.273. The first-order chi connectivity index (χ1) is 9.38. The predicted octanol–water partition coefficient (Wildman–Crippen LogP) is -0.0213. The maximum absolute atomic E-state index is 14.0. The number of ether oxygens (including phenoxy) is 1. The molecule has 6 nitrogen and oxygen atoms in total. The number of nitrogens with two attached hydrogens (primary N) is 1. The summed E-state index contributed by atoms with van der Waals surface area (Å²) in [7, 11) is 1.16. The van der Waals surface area contributed by atoms with Crippen molar-refractivity contribution in [2.24, 2.45) is 5.73 Å². The fourth-order valence-corrected chi connectivity index (χ4v) is 2.95. The van der Waals surface area contributed by atoms with Crippen molar-refractivity contribution in [3.05, 3.63) is 17.3 Å². The first kappa shape index (κ1) is 15.1. The van der Waals surface area contributed by atoms with Crippen LogP contribution in [0.25, 0.3) is 10.9 Å². The normalized spacial score (nSPS) is 12.7. The van der Waals surface area contributed by atoms with Gasteiger partial charge in [0.2, 0.25) is 0 Å². The molecule has 0 radical (unpaired) electrons. The van der Waals surface area contributed by atoms with E-state index < -0.39 is 29.4 Å². The monoisotopic (exact) mass is 480 g/mol. The van der Waals surface area contributed by atoms with Gasteiger partial charge >= 0.3 is 127 Å². The number of halogens is 2. The number of hydrogen-bond donors (Lipinski definition) is 3. The van der Waals surface area contributed by atoms with Crippen LogP contribution in [0.3, 0.4) is 0 Å². The molecule has 2 rings (SSSR count). The van der Waals surface area contributed by atoms with Crippen molar-refractivity contribution in [2.75, 3.05) is 7.11 Å². The van der Waals surface area contributed by atoms with E-state index in [1.54, 1.807) is 0 Å². The summed E-state index contributed by atoms with van der Waals surface area (Å²) in [5.41, 5.74) is 5.62. The SMILES string of the molecule is COc1c(F)c([At])c2c(CC(N)C(=O)O)[nH]nc2c1F. The van der Waals surface area contributed by atoms with E-state index in [1.807, 2.05) is 0 Å². The number of aromatic amines is 1. The Labute approximate surface area is 127 Å². The molecule has 1 aromatic heterocycles. The molecule has 0 aliphatic rings. The molecule has 0 bridgehead atoms. The van der Waals surface area contributed by atoms with Crippen LogP contribution in [0.5, 0.6) is 5.75 Å². The number of benzene rings is 1. The van der Waals surface area contributed by atoms with Gasteiger partial charge in [0, 0.05) is 0 Å². The van der Waals surface area contributed by atoms with Crippen molar-refractivity contribution < 1.29 is 48.1 Å². The Hall–Kier alpha value is -1.34. The summed E-state index contributed by atoms with van der Waals surface area (Å²) < 4.78 is 32.9. The zero-order valence-electron chi connectivity index (χ0n) is 10.2. The van der Waals surface area contributed by atoms with Crippen LogP contribution in [0, 0.1) is 36.4 Å². The zero-order valence-corrected chi connectivity index (χ0v) is 13.1. The molecule has 1 atom stereocenters. The van der Waals surface area contributed by atoms with E-state index in [4.69, 9.17) is 10.8 Å². The van der Waals surface area contributed by atoms with Crippen LogP contribution >= 0.6 is 0 Å². The number of carboxylic acids is 1. The van der Waals surface area contributed by atoms with Gasteiger partial charge < -0.3 is 0 Å². The standard InChI is InChI=1S/C11H10AtF2N3O3/c1-20-10-7(13)6(12)5-4(2-3(15)11(18)19)16-17-9(5)8(10)14/h3H,2,15H2,1H3,(H,16,17)(H,18,19). The predicted molar refractivity (Wildman–Crippen MR) is 61.5 cm³/mol. The van der Waals surface area contributed by atoms with Crippen LogP contribution in [0.4, 0.5) is 8.78 Å². The first-order valence-electron chi connectivity index (χ1n) is 5.44. The summed E-state index contributed by atoms with van der Waals surface area (Å²) in [6.45, 7) is 0. The minimum atomic E-state index is -1.20. The molecule has 2 aromatic rings. The summed E-state index contributed by atoms with van der Waals surface area (Å²) >= 11 is 0.974. The molecule has 1 unspecified atom stereocenters. The molecule has 0 spiro atoms. The summed E-state index contributed by atoms with van der Waals surface area (Å²) in [4.78, 5) is 10.8. The topological polar surface area (TPSA) is 101 Å². The number of carboxylic acid groups (broad SMARTS) is 1. The van der Waals surface area contributed by atoms with Crippen molar-refractivity contribution in [1.82, 2.24) is 10.2 Å². The van der Waals surface area contributed by atoms with Crippen molar-refractivity contribution in [3.8, 4) is 5.75 Å².